The Morgan fingerprint density at radius 3 is 2.70 bits per heavy atom. The Morgan fingerprint density at radius 1 is 1.43 bits per heavy atom. The SMILES string of the molecule is CN1CCC(N(C)C(=O)/C(C#N)=C\Nc2ccccc2O)CC1. The summed E-state index contributed by atoms with van der Waals surface area (Å²) >= 11 is 0. The fourth-order valence-electron chi connectivity index (χ4n) is 2.63. The summed E-state index contributed by atoms with van der Waals surface area (Å²) in [6.07, 6.45) is 3.16. The summed E-state index contributed by atoms with van der Waals surface area (Å²) in [4.78, 5) is 16.4. The average molecular weight is 314 g/mol. The molecule has 1 aliphatic rings. The van der Waals surface area contributed by atoms with E-state index in [0.29, 0.717) is 5.69 Å². The van der Waals surface area contributed by atoms with Gasteiger partial charge in [0.1, 0.15) is 17.4 Å². The van der Waals surface area contributed by atoms with Gasteiger partial charge in [0.25, 0.3) is 5.91 Å². The lowest BCUT2D eigenvalue weighted by molar-refractivity contribution is -0.128. The lowest BCUT2D eigenvalue weighted by atomic mass is 10.0. The van der Waals surface area contributed by atoms with Crippen LogP contribution in [0.3, 0.4) is 0 Å². The molecule has 0 atom stereocenters. The van der Waals surface area contributed by atoms with Crippen molar-refractivity contribution in [2.75, 3.05) is 32.5 Å². The van der Waals surface area contributed by atoms with Crippen molar-refractivity contribution in [1.82, 2.24) is 9.80 Å². The third-order valence-corrected chi connectivity index (χ3v) is 4.18. The highest BCUT2D eigenvalue weighted by Gasteiger charge is 2.25. The molecular formula is C17H22N4O2. The number of carbonyl (C=O) groups excluding carboxylic acids is 1. The van der Waals surface area contributed by atoms with Gasteiger partial charge in [0.15, 0.2) is 0 Å². The Morgan fingerprint density at radius 2 is 2.09 bits per heavy atom. The topological polar surface area (TPSA) is 79.6 Å². The number of hydrogen-bond acceptors (Lipinski definition) is 5. The van der Waals surface area contributed by atoms with E-state index in [1.165, 1.54) is 12.3 Å². The molecule has 0 aromatic heterocycles. The van der Waals surface area contributed by atoms with Crippen molar-refractivity contribution in [3.05, 3.63) is 36.0 Å². The number of anilines is 1. The molecule has 0 aliphatic carbocycles. The van der Waals surface area contributed by atoms with Gasteiger partial charge in [-0.3, -0.25) is 4.79 Å². The van der Waals surface area contributed by atoms with Crippen LogP contribution in [0.1, 0.15) is 12.8 Å². The van der Waals surface area contributed by atoms with Crippen molar-refractivity contribution < 1.29 is 9.90 Å². The number of benzene rings is 1. The van der Waals surface area contributed by atoms with E-state index in [-0.39, 0.29) is 23.3 Å². The number of hydrogen-bond donors (Lipinski definition) is 2. The molecular weight excluding hydrogens is 292 g/mol. The number of para-hydroxylation sites is 2. The predicted octanol–water partition coefficient (Wildman–Crippen LogP) is 1.76. The maximum absolute atomic E-state index is 12.5. The second-order valence-electron chi connectivity index (χ2n) is 5.78. The number of likely N-dealkylation sites (tertiary alicyclic amines) is 1. The number of aromatic hydroxyl groups is 1. The van der Waals surface area contributed by atoms with Gasteiger partial charge in [-0.2, -0.15) is 5.26 Å². The maximum atomic E-state index is 12.5. The van der Waals surface area contributed by atoms with Gasteiger partial charge in [-0.15, -0.1) is 0 Å². The molecule has 1 fully saturated rings. The molecule has 1 aromatic carbocycles. The maximum Gasteiger partial charge on any atom is 0.266 e. The molecule has 0 spiro atoms. The Kier molecular flexibility index (Phi) is 5.61. The number of nitrogens with zero attached hydrogens (tertiary/aromatic N) is 3. The number of likely N-dealkylation sites (N-methyl/N-ethyl adjacent to an activating group) is 1. The molecule has 2 N–H and O–H groups in total. The van der Waals surface area contributed by atoms with Crippen molar-refractivity contribution in [1.29, 1.82) is 5.26 Å². The minimum atomic E-state index is -0.301. The number of phenolic OH excluding ortho intramolecular Hbond substituents is 1. The van der Waals surface area contributed by atoms with Crippen molar-refractivity contribution >= 4 is 11.6 Å². The molecule has 2 rings (SSSR count). The molecule has 122 valence electrons. The van der Waals surface area contributed by atoms with Gasteiger partial charge >= 0.3 is 0 Å². The number of phenols is 1. The Bertz CT molecular complexity index is 628. The number of piperidine rings is 1. The lowest BCUT2D eigenvalue weighted by Gasteiger charge is -2.34. The van der Waals surface area contributed by atoms with Crippen molar-refractivity contribution in [2.45, 2.75) is 18.9 Å². The van der Waals surface area contributed by atoms with Gasteiger partial charge in [-0.05, 0) is 45.1 Å². The molecule has 0 saturated carbocycles. The number of amides is 1. The highest BCUT2D eigenvalue weighted by atomic mass is 16.3. The third-order valence-electron chi connectivity index (χ3n) is 4.18. The Labute approximate surface area is 136 Å². The summed E-state index contributed by atoms with van der Waals surface area (Å²) in [7, 11) is 3.80. The standard InChI is InChI=1S/C17H22N4O2/c1-20-9-7-14(8-10-20)21(2)17(23)13(11-18)12-19-15-5-3-4-6-16(15)22/h3-6,12,14,19,22H,7-10H2,1-2H3/b13-12-. The average Bonchev–Trinajstić information content (AvgIpc) is 2.56. The molecule has 6 heteroatoms. The van der Waals surface area contributed by atoms with Gasteiger partial charge in [-0.25, -0.2) is 0 Å². The summed E-state index contributed by atoms with van der Waals surface area (Å²) in [5.41, 5.74) is 0.477. The zero-order chi connectivity index (χ0) is 16.8. The first-order chi connectivity index (χ1) is 11.0. The minimum absolute atomic E-state index is 0.0229. The van der Waals surface area contributed by atoms with E-state index in [9.17, 15) is 15.2 Å². The van der Waals surface area contributed by atoms with E-state index in [4.69, 9.17) is 0 Å². The number of carbonyl (C=O) groups is 1. The second kappa shape index (κ2) is 7.65. The smallest absolute Gasteiger partial charge is 0.266 e. The van der Waals surface area contributed by atoms with Crippen LogP contribution < -0.4 is 5.32 Å². The summed E-state index contributed by atoms with van der Waals surface area (Å²) < 4.78 is 0. The first-order valence-electron chi connectivity index (χ1n) is 7.63. The molecule has 1 heterocycles. The molecule has 0 bridgehead atoms. The second-order valence-corrected chi connectivity index (χ2v) is 5.78. The van der Waals surface area contributed by atoms with Crippen LogP contribution in [0.15, 0.2) is 36.0 Å². The Balaban J connectivity index is 2.04. The van der Waals surface area contributed by atoms with Gasteiger partial charge < -0.3 is 20.2 Å². The monoisotopic (exact) mass is 314 g/mol. The lowest BCUT2D eigenvalue weighted by Crippen LogP contribution is -2.44. The number of nitrogens with one attached hydrogen (secondary N) is 1. The zero-order valence-corrected chi connectivity index (χ0v) is 13.5. The summed E-state index contributed by atoms with van der Waals surface area (Å²) in [6.45, 7) is 1.90. The largest absolute Gasteiger partial charge is 0.506 e. The number of nitriles is 1. The van der Waals surface area contributed by atoms with Crippen LogP contribution >= 0.6 is 0 Å². The van der Waals surface area contributed by atoms with E-state index >= 15 is 0 Å². The predicted molar refractivity (Wildman–Crippen MR) is 88.7 cm³/mol. The van der Waals surface area contributed by atoms with Crippen LogP contribution in [-0.4, -0.2) is 54.0 Å². The van der Waals surface area contributed by atoms with E-state index in [1.54, 1.807) is 30.1 Å². The zero-order valence-electron chi connectivity index (χ0n) is 13.5. The van der Waals surface area contributed by atoms with E-state index < -0.39 is 0 Å². The summed E-state index contributed by atoms with van der Waals surface area (Å²) in [5.74, 6) is -0.234. The molecule has 1 amide bonds. The third kappa shape index (κ3) is 4.24. The summed E-state index contributed by atoms with van der Waals surface area (Å²) in [6, 6.07) is 8.76. The highest BCUT2D eigenvalue weighted by Crippen LogP contribution is 2.22. The van der Waals surface area contributed by atoms with Crippen LogP contribution in [0.25, 0.3) is 0 Å². The Hall–Kier alpha value is -2.52. The molecule has 0 radical (unpaired) electrons. The van der Waals surface area contributed by atoms with Crippen molar-refractivity contribution in [2.24, 2.45) is 0 Å². The first kappa shape index (κ1) is 16.8. The fourth-order valence-corrected chi connectivity index (χ4v) is 2.63. The van der Waals surface area contributed by atoms with Crippen molar-refractivity contribution in [3.63, 3.8) is 0 Å². The molecule has 1 saturated heterocycles. The highest BCUT2D eigenvalue weighted by molar-refractivity contribution is 5.97. The van der Waals surface area contributed by atoms with Crippen LogP contribution in [0.5, 0.6) is 5.75 Å². The van der Waals surface area contributed by atoms with E-state index in [0.717, 1.165) is 25.9 Å². The fraction of sp³-hybridized carbons (Fsp3) is 0.412. The van der Waals surface area contributed by atoms with Gasteiger partial charge in [0.2, 0.25) is 0 Å². The first-order valence-corrected chi connectivity index (χ1v) is 7.63. The quantitative estimate of drug-likeness (QED) is 0.503. The molecule has 1 aliphatic heterocycles. The van der Waals surface area contributed by atoms with Crippen LogP contribution in [-0.2, 0) is 4.79 Å². The minimum Gasteiger partial charge on any atom is -0.506 e. The summed E-state index contributed by atoms with van der Waals surface area (Å²) in [5, 5.41) is 21.8. The van der Waals surface area contributed by atoms with Crippen LogP contribution in [0.2, 0.25) is 0 Å². The van der Waals surface area contributed by atoms with E-state index in [1.807, 2.05) is 6.07 Å². The molecule has 0 unspecified atom stereocenters. The molecule has 6 nitrogen and oxygen atoms in total. The van der Waals surface area contributed by atoms with Crippen LogP contribution in [0.4, 0.5) is 5.69 Å². The van der Waals surface area contributed by atoms with Gasteiger partial charge in [-0.1, -0.05) is 12.1 Å². The van der Waals surface area contributed by atoms with Crippen LogP contribution in [0, 0.1) is 11.3 Å². The van der Waals surface area contributed by atoms with Crippen molar-refractivity contribution in [3.8, 4) is 11.8 Å². The van der Waals surface area contributed by atoms with Gasteiger partial charge in [0, 0.05) is 19.3 Å². The molecule has 23 heavy (non-hydrogen) atoms. The van der Waals surface area contributed by atoms with Gasteiger partial charge in [0.05, 0.1) is 5.69 Å². The molecule has 1 aromatic rings. The van der Waals surface area contributed by atoms with E-state index in [2.05, 4.69) is 17.3 Å². The number of rotatable bonds is 4. The normalized spacial score (nSPS) is 16.7.